The van der Waals surface area contributed by atoms with E-state index >= 15 is 0 Å². The average molecular weight is 484 g/mol. The van der Waals surface area contributed by atoms with Gasteiger partial charge in [0.1, 0.15) is 0 Å². The Hall–Kier alpha value is -3.04. The van der Waals surface area contributed by atoms with Gasteiger partial charge in [0.15, 0.2) is 5.78 Å². The van der Waals surface area contributed by atoms with E-state index in [1.165, 1.54) is 30.3 Å². The zero-order valence-corrected chi connectivity index (χ0v) is 20.3. The summed E-state index contributed by atoms with van der Waals surface area (Å²) in [7, 11) is -3.76. The molecule has 9 heteroatoms. The zero-order chi connectivity index (χ0) is 24.5. The van der Waals surface area contributed by atoms with Crippen molar-refractivity contribution in [3.63, 3.8) is 0 Å². The number of hydrogen-bond acceptors (Lipinski definition) is 5. The Bertz CT molecular complexity index is 1220. The topological polar surface area (TPSA) is 95.1 Å². The minimum Gasteiger partial charge on any atom is -0.340 e. The normalized spacial score (nSPS) is 18.9. The standard InChI is InChI=1S/C25H29N3O5S/c1-18(29)21-7-5-8-22(16-21)34(32,33)27-14-12-26(13-15-27)25(31)17-24-23-9-4-3-6-20(23)10-11-28(24)19(2)30/h3-9,16,24H,10-15,17H2,1-2H3. The molecular formula is C25H29N3O5S. The number of carbonyl (C=O) groups excluding carboxylic acids is 3. The fraction of sp³-hybridized carbons (Fsp3) is 0.400. The molecule has 0 aromatic heterocycles. The van der Waals surface area contributed by atoms with Gasteiger partial charge in [0.2, 0.25) is 21.8 Å². The number of rotatable bonds is 5. The molecule has 0 N–H and O–H groups in total. The van der Waals surface area contributed by atoms with Crippen LogP contribution in [0.1, 0.15) is 47.8 Å². The third-order valence-corrected chi connectivity index (χ3v) is 8.55. The molecule has 1 fully saturated rings. The van der Waals surface area contributed by atoms with Gasteiger partial charge in [-0.15, -0.1) is 0 Å². The number of benzene rings is 2. The first-order valence-electron chi connectivity index (χ1n) is 11.4. The SMILES string of the molecule is CC(=O)c1cccc(S(=O)(=O)N2CCN(C(=O)CC3c4ccccc4CCN3C(C)=O)CC2)c1. The molecule has 8 nitrogen and oxygen atoms in total. The van der Waals surface area contributed by atoms with Crippen LogP contribution in [0, 0.1) is 0 Å². The van der Waals surface area contributed by atoms with Crippen molar-refractivity contribution in [2.45, 2.75) is 37.6 Å². The van der Waals surface area contributed by atoms with Crippen LogP contribution in [0.25, 0.3) is 0 Å². The monoisotopic (exact) mass is 483 g/mol. The number of nitrogens with zero attached hydrogens (tertiary/aromatic N) is 3. The van der Waals surface area contributed by atoms with E-state index in [0.29, 0.717) is 12.1 Å². The summed E-state index contributed by atoms with van der Waals surface area (Å²) in [5.74, 6) is -0.351. The molecule has 4 rings (SSSR count). The van der Waals surface area contributed by atoms with Gasteiger partial charge >= 0.3 is 0 Å². The fourth-order valence-electron chi connectivity index (χ4n) is 4.75. The molecule has 0 saturated carbocycles. The third-order valence-electron chi connectivity index (χ3n) is 6.65. The summed E-state index contributed by atoms with van der Waals surface area (Å²) < 4.78 is 27.5. The zero-order valence-electron chi connectivity index (χ0n) is 19.4. The van der Waals surface area contributed by atoms with Gasteiger partial charge in [0.25, 0.3) is 0 Å². The van der Waals surface area contributed by atoms with Crippen LogP contribution in [-0.4, -0.2) is 72.8 Å². The summed E-state index contributed by atoms with van der Waals surface area (Å²) in [5.41, 5.74) is 2.50. The Morgan fingerprint density at radius 2 is 1.62 bits per heavy atom. The van der Waals surface area contributed by atoms with Crippen molar-refractivity contribution in [3.05, 3.63) is 65.2 Å². The summed E-state index contributed by atoms with van der Waals surface area (Å²) in [4.78, 5) is 40.6. The summed E-state index contributed by atoms with van der Waals surface area (Å²) in [6.07, 6.45) is 0.936. The van der Waals surface area contributed by atoms with E-state index in [1.807, 2.05) is 24.3 Å². The van der Waals surface area contributed by atoms with Gasteiger partial charge < -0.3 is 9.80 Å². The van der Waals surface area contributed by atoms with Crippen LogP contribution in [0.15, 0.2) is 53.4 Å². The number of hydrogen-bond donors (Lipinski definition) is 0. The van der Waals surface area contributed by atoms with E-state index < -0.39 is 10.0 Å². The first-order chi connectivity index (χ1) is 16.2. The smallest absolute Gasteiger partial charge is 0.243 e. The van der Waals surface area contributed by atoms with E-state index in [4.69, 9.17) is 0 Å². The van der Waals surface area contributed by atoms with Crippen molar-refractivity contribution < 1.29 is 22.8 Å². The van der Waals surface area contributed by atoms with Gasteiger partial charge in [0.05, 0.1) is 17.4 Å². The van der Waals surface area contributed by atoms with Crippen LogP contribution in [0.3, 0.4) is 0 Å². The van der Waals surface area contributed by atoms with Crippen molar-refractivity contribution in [2.75, 3.05) is 32.7 Å². The number of piperazine rings is 1. The minimum atomic E-state index is -3.76. The van der Waals surface area contributed by atoms with E-state index in [-0.39, 0.29) is 61.1 Å². The Balaban J connectivity index is 1.44. The molecule has 2 aromatic carbocycles. The van der Waals surface area contributed by atoms with Crippen molar-refractivity contribution in [2.24, 2.45) is 0 Å². The quantitative estimate of drug-likeness (QED) is 0.608. The lowest BCUT2D eigenvalue weighted by atomic mass is 9.90. The highest BCUT2D eigenvalue weighted by atomic mass is 32.2. The number of sulfonamides is 1. The highest BCUT2D eigenvalue weighted by molar-refractivity contribution is 7.89. The lowest BCUT2D eigenvalue weighted by molar-refractivity contribution is -0.137. The van der Waals surface area contributed by atoms with Crippen molar-refractivity contribution in [1.29, 1.82) is 0 Å². The van der Waals surface area contributed by atoms with Gasteiger partial charge in [0, 0.05) is 45.2 Å². The molecule has 0 spiro atoms. The number of ketones is 1. The van der Waals surface area contributed by atoms with Crippen molar-refractivity contribution in [1.82, 2.24) is 14.1 Å². The predicted molar refractivity (Wildman–Crippen MR) is 127 cm³/mol. The molecule has 1 saturated heterocycles. The van der Waals surface area contributed by atoms with Crippen LogP contribution in [-0.2, 0) is 26.0 Å². The number of carbonyl (C=O) groups is 3. The second-order valence-corrected chi connectivity index (χ2v) is 10.7. The van der Waals surface area contributed by atoms with Crippen molar-refractivity contribution >= 4 is 27.6 Å². The summed E-state index contributed by atoms with van der Waals surface area (Å²) in [6.45, 7) is 4.41. The first-order valence-corrected chi connectivity index (χ1v) is 12.9. The lowest BCUT2D eigenvalue weighted by Crippen LogP contribution is -2.51. The maximum absolute atomic E-state index is 13.2. The van der Waals surface area contributed by atoms with E-state index in [1.54, 1.807) is 21.9 Å². The fourth-order valence-corrected chi connectivity index (χ4v) is 6.21. The van der Waals surface area contributed by atoms with Crippen LogP contribution in [0.5, 0.6) is 0 Å². The van der Waals surface area contributed by atoms with E-state index in [0.717, 1.165) is 17.5 Å². The van der Waals surface area contributed by atoms with Gasteiger partial charge in [-0.1, -0.05) is 36.4 Å². The van der Waals surface area contributed by atoms with Gasteiger partial charge in [-0.3, -0.25) is 14.4 Å². The third kappa shape index (κ3) is 4.76. The largest absolute Gasteiger partial charge is 0.340 e. The molecule has 2 aromatic rings. The lowest BCUT2D eigenvalue weighted by Gasteiger charge is -2.39. The number of Topliss-reactive ketones (excluding diaryl/α,β-unsaturated/α-hetero) is 1. The average Bonchev–Trinajstić information content (AvgIpc) is 2.84. The van der Waals surface area contributed by atoms with E-state index in [2.05, 4.69) is 0 Å². The molecule has 1 atom stereocenters. The molecule has 180 valence electrons. The highest BCUT2D eigenvalue weighted by Crippen LogP contribution is 2.33. The molecule has 0 bridgehead atoms. The predicted octanol–water partition coefficient (Wildman–Crippen LogP) is 2.26. The number of fused-ring (bicyclic) bond motifs is 1. The Morgan fingerprint density at radius 1 is 0.912 bits per heavy atom. The van der Waals surface area contributed by atoms with Gasteiger partial charge in [-0.2, -0.15) is 4.31 Å². The highest BCUT2D eigenvalue weighted by Gasteiger charge is 2.34. The summed E-state index contributed by atoms with van der Waals surface area (Å²) in [6, 6.07) is 13.6. The Kier molecular flexibility index (Phi) is 6.86. The molecular weight excluding hydrogens is 454 g/mol. The van der Waals surface area contributed by atoms with Gasteiger partial charge in [-0.25, -0.2) is 8.42 Å². The summed E-state index contributed by atoms with van der Waals surface area (Å²) >= 11 is 0. The summed E-state index contributed by atoms with van der Waals surface area (Å²) in [5, 5.41) is 0. The van der Waals surface area contributed by atoms with Gasteiger partial charge in [-0.05, 0) is 36.6 Å². The molecule has 0 radical (unpaired) electrons. The molecule has 2 amide bonds. The molecule has 2 heterocycles. The molecule has 1 unspecified atom stereocenters. The Labute approximate surface area is 200 Å². The van der Waals surface area contributed by atoms with E-state index in [9.17, 15) is 22.8 Å². The molecule has 0 aliphatic carbocycles. The van der Waals surface area contributed by atoms with Crippen LogP contribution < -0.4 is 0 Å². The minimum absolute atomic E-state index is 0.0593. The first kappa shape index (κ1) is 24.1. The molecule has 34 heavy (non-hydrogen) atoms. The van der Waals surface area contributed by atoms with Crippen LogP contribution >= 0.6 is 0 Å². The molecule has 2 aliphatic heterocycles. The second kappa shape index (κ2) is 9.68. The Morgan fingerprint density at radius 3 is 2.29 bits per heavy atom. The van der Waals surface area contributed by atoms with Crippen molar-refractivity contribution in [3.8, 4) is 0 Å². The van der Waals surface area contributed by atoms with Crippen LogP contribution in [0.2, 0.25) is 0 Å². The number of amides is 2. The maximum Gasteiger partial charge on any atom is 0.243 e. The maximum atomic E-state index is 13.2. The molecule has 2 aliphatic rings. The second-order valence-electron chi connectivity index (χ2n) is 8.75. The van der Waals surface area contributed by atoms with Crippen LogP contribution in [0.4, 0.5) is 0 Å².